The van der Waals surface area contributed by atoms with E-state index >= 15 is 0 Å². The molecule has 26 heavy (non-hydrogen) atoms. The van der Waals surface area contributed by atoms with Crippen LogP contribution in [0.4, 0.5) is 4.39 Å². The van der Waals surface area contributed by atoms with Gasteiger partial charge in [0.15, 0.2) is 0 Å². The van der Waals surface area contributed by atoms with Gasteiger partial charge in [-0.3, -0.25) is 19.0 Å². The number of pyridine rings is 2. The molecule has 0 N–H and O–H groups in total. The van der Waals surface area contributed by atoms with E-state index in [0.717, 1.165) is 11.1 Å². The molecule has 0 radical (unpaired) electrons. The third-order valence-electron chi connectivity index (χ3n) is 4.30. The van der Waals surface area contributed by atoms with E-state index in [0.29, 0.717) is 29.9 Å². The van der Waals surface area contributed by atoms with Crippen LogP contribution in [-0.2, 0) is 17.8 Å². The minimum Gasteiger partial charge on any atom is -0.337 e. The minimum atomic E-state index is -0.501. The van der Waals surface area contributed by atoms with Gasteiger partial charge in [0, 0.05) is 36.5 Å². The second kappa shape index (κ2) is 6.87. The van der Waals surface area contributed by atoms with E-state index in [1.165, 1.54) is 28.3 Å². The van der Waals surface area contributed by atoms with E-state index in [9.17, 15) is 14.0 Å². The van der Waals surface area contributed by atoms with Gasteiger partial charge in [0.05, 0.1) is 23.6 Å². The van der Waals surface area contributed by atoms with Gasteiger partial charge in [-0.2, -0.15) is 0 Å². The van der Waals surface area contributed by atoms with Crippen molar-refractivity contribution in [2.75, 3.05) is 12.3 Å². The molecular weight excluding hydrogens is 355 g/mol. The number of thioether (sulfide) groups is 1. The van der Waals surface area contributed by atoms with Gasteiger partial charge in [-0.05, 0) is 24.3 Å². The zero-order valence-electron chi connectivity index (χ0n) is 13.8. The number of carbonyl (C=O) groups excluding carboxylic acids is 1. The number of fused-ring (bicyclic) bond motifs is 2. The molecule has 4 heterocycles. The third kappa shape index (κ3) is 3.20. The first-order valence-electron chi connectivity index (χ1n) is 8.12. The second-order valence-electron chi connectivity index (χ2n) is 5.95. The van der Waals surface area contributed by atoms with Gasteiger partial charge < -0.3 is 4.90 Å². The van der Waals surface area contributed by atoms with Crippen molar-refractivity contribution in [3.8, 4) is 0 Å². The lowest BCUT2D eigenvalue weighted by Gasteiger charge is -2.28. The normalized spacial score (nSPS) is 13.7. The van der Waals surface area contributed by atoms with Crippen LogP contribution in [0.3, 0.4) is 0 Å². The number of hydrogen-bond donors (Lipinski definition) is 0. The summed E-state index contributed by atoms with van der Waals surface area (Å²) in [6.07, 6.45) is 5.01. The van der Waals surface area contributed by atoms with Crippen LogP contribution >= 0.6 is 11.8 Å². The smallest absolute Gasteiger partial charge is 0.263 e. The average molecular weight is 370 g/mol. The molecular formula is C18H15FN4O2S. The molecule has 3 aromatic heterocycles. The summed E-state index contributed by atoms with van der Waals surface area (Å²) in [4.78, 5) is 36.2. The van der Waals surface area contributed by atoms with Crippen LogP contribution < -0.4 is 5.56 Å². The van der Waals surface area contributed by atoms with E-state index in [1.54, 1.807) is 17.3 Å². The molecule has 1 aliphatic rings. The van der Waals surface area contributed by atoms with E-state index in [2.05, 4.69) is 9.97 Å². The molecule has 0 spiro atoms. The lowest BCUT2D eigenvalue weighted by atomic mass is 10.1. The summed E-state index contributed by atoms with van der Waals surface area (Å²) in [5, 5.41) is 0. The summed E-state index contributed by atoms with van der Waals surface area (Å²) in [7, 11) is 0. The molecule has 0 aromatic carbocycles. The van der Waals surface area contributed by atoms with E-state index in [-0.39, 0.29) is 23.8 Å². The van der Waals surface area contributed by atoms with Crippen LogP contribution in [0.15, 0.2) is 52.5 Å². The van der Waals surface area contributed by atoms with Crippen LogP contribution in [0.5, 0.6) is 0 Å². The highest BCUT2D eigenvalue weighted by molar-refractivity contribution is 8.00. The molecule has 4 rings (SSSR count). The second-order valence-corrected chi connectivity index (χ2v) is 7.00. The Labute approximate surface area is 152 Å². The highest BCUT2D eigenvalue weighted by Crippen LogP contribution is 2.20. The van der Waals surface area contributed by atoms with Crippen molar-refractivity contribution in [2.24, 2.45) is 0 Å². The number of halogens is 1. The Balaban J connectivity index is 1.55. The summed E-state index contributed by atoms with van der Waals surface area (Å²) in [5.74, 6) is -0.254. The fourth-order valence-corrected chi connectivity index (χ4v) is 3.74. The van der Waals surface area contributed by atoms with E-state index < -0.39 is 5.82 Å². The first-order chi connectivity index (χ1) is 12.6. The van der Waals surface area contributed by atoms with Crippen LogP contribution in [0.2, 0.25) is 0 Å². The minimum absolute atomic E-state index is 0.0406. The fourth-order valence-electron chi connectivity index (χ4n) is 2.96. The number of rotatable bonds is 3. The Morgan fingerprint density at radius 1 is 1.23 bits per heavy atom. The molecule has 132 valence electrons. The number of hydrogen-bond acceptors (Lipinski definition) is 5. The Bertz CT molecular complexity index is 1040. The SMILES string of the molecule is O=C(CSc1ccncc1)N1CCc2nc3ccc(F)cn3c(=O)c2C1. The molecule has 8 heteroatoms. The fraction of sp³-hybridized carbons (Fsp3) is 0.222. The van der Waals surface area contributed by atoms with Crippen molar-refractivity contribution in [3.05, 3.63) is 70.3 Å². The van der Waals surface area contributed by atoms with Crippen LogP contribution in [0, 0.1) is 5.82 Å². The lowest BCUT2D eigenvalue weighted by molar-refractivity contribution is -0.129. The van der Waals surface area contributed by atoms with Crippen molar-refractivity contribution < 1.29 is 9.18 Å². The molecule has 0 fully saturated rings. The largest absolute Gasteiger partial charge is 0.337 e. The summed E-state index contributed by atoms with van der Waals surface area (Å²) in [6, 6.07) is 6.46. The molecule has 0 unspecified atom stereocenters. The average Bonchev–Trinajstić information content (AvgIpc) is 2.67. The third-order valence-corrected chi connectivity index (χ3v) is 5.29. The standard InChI is InChI=1S/C18H15FN4O2S/c19-12-1-2-16-21-15-5-8-22(10-14(15)18(25)23(16)9-12)17(24)11-26-13-3-6-20-7-4-13/h1-4,6-7,9H,5,8,10-11H2. The summed E-state index contributed by atoms with van der Waals surface area (Å²) in [6.45, 7) is 0.725. The zero-order chi connectivity index (χ0) is 18.1. The molecule has 1 aliphatic heterocycles. The van der Waals surface area contributed by atoms with Crippen molar-refractivity contribution in [1.82, 2.24) is 19.3 Å². The first-order valence-corrected chi connectivity index (χ1v) is 9.10. The molecule has 0 saturated heterocycles. The van der Waals surface area contributed by atoms with E-state index in [4.69, 9.17) is 0 Å². The Hall–Kier alpha value is -2.74. The van der Waals surface area contributed by atoms with Gasteiger partial charge in [-0.25, -0.2) is 9.37 Å². The van der Waals surface area contributed by atoms with Crippen molar-refractivity contribution >= 4 is 23.3 Å². The first kappa shape index (κ1) is 16.7. The Kier molecular flexibility index (Phi) is 4.42. The molecule has 0 saturated carbocycles. The Morgan fingerprint density at radius 2 is 2.04 bits per heavy atom. The van der Waals surface area contributed by atoms with Gasteiger partial charge in [-0.1, -0.05) is 0 Å². The highest BCUT2D eigenvalue weighted by Gasteiger charge is 2.25. The maximum atomic E-state index is 13.5. The molecule has 1 amide bonds. The predicted octanol–water partition coefficient (Wildman–Crippen LogP) is 1.91. The van der Waals surface area contributed by atoms with Gasteiger partial charge in [0.2, 0.25) is 5.91 Å². The van der Waals surface area contributed by atoms with E-state index in [1.807, 2.05) is 12.1 Å². The van der Waals surface area contributed by atoms with Gasteiger partial charge in [0.25, 0.3) is 5.56 Å². The summed E-state index contributed by atoms with van der Waals surface area (Å²) in [5.41, 5.74) is 1.25. The van der Waals surface area contributed by atoms with Gasteiger partial charge in [-0.15, -0.1) is 11.8 Å². The maximum absolute atomic E-state index is 13.5. The molecule has 0 atom stereocenters. The number of carbonyl (C=O) groups is 1. The van der Waals surface area contributed by atoms with Crippen molar-refractivity contribution in [2.45, 2.75) is 17.9 Å². The van der Waals surface area contributed by atoms with Crippen molar-refractivity contribution in [1.29, 1.82) is 0 Å². The Morgan fingerprint density at radius 3 is 2.85 bits per heavy atom. The predicted molar refractivity (Wildman–Crippen MR) is 95.5 cm³/mol. The van der Waals surface area contributed by atoms with Gasteiger partial charge in [0.1, 0.15) is 11.5 Å². The monoisotopic (exact) mass is 370 g/mol. The molecule has 0 bridgehead atoms. The summed E-state index contributed by atoms with van der Waals surface area (Å²) < 4.78 is 14.7. The highest BCUT2D eigenvalue weighted by atomic mass is 32.2. The number of amides is 1. The number of aromatic nitrogens is 3. The van der Waals surface area contributed by atoms with Crippen LogP contribution in [0.25, 0.3) is 5.65 Å². The molecule has 3 aromatic rings. The zero-order valence-corrected chi connectivity index (χ0v) is 14.6. The van der Waals surface area contributed by atoms with Crippen LogP contribution in [-0.4, -0.2) is 37.5 Å². The molecule has 6 nitrogen and oxygen atoms in total. The maximum Gasteiger partial charge on any atom is 0.263 e. The summed E-state index contributed by atoms with van der Waals surface area (Å²) >= 11 is 1.43. The topological polar surface area (TPSA) is 67.6 Å². The van der Waals surface area contributed by atoms with Gasteiger partial charge >= 0.3 is 0 Å². The van der Waals surface area contributed by atoms with Crippen molar-refractivity contribution in [3.63, 3.8) is 0 Å². The van der Waals surface area contributed by atoms with Crippen LogP contribution in [0.1, 0.15) is 11.3 Å². The quantitative estimate of drug-likeness (QED) is 0.659. The lowest BCUT2D eigenvalue weighted by Crippen LogP contribution is -2.41. The molecule has 0 aliphatic carbocycles. The number of nitrogens with zero attached hydrogens (tertiary/aromatic N) is 4.